The zero-order valence-electron chi connectivity index (χ0n) is 11.1. The molecule has 1 saturated heterocycles. The maximum Gasteiger partial charge on any atom is 0.161 e. The Balaban J connectivity index is 1.89. The van der Waals surface area contributed by atoms with Crippen LogP contribution >= 0.6 is 15.9 Å². The van der Waals surface area contributed by atoms with E-state index in [0.29, 0.717) is 6.61 Å². The summed E-state index contributed by atoms with van der Waals surface area (Å²) in [5, 5.41) is 0. The highest BCUT2D eigenvalue weighted by molar-refractivity contribution is 9.10. The fourth-order valence-corrected chi connectivity index (χ4v) is 3.34. The van der Waals surface area contributed by atoms with Crippen molar-refractivity contribution in [2.24, 2.45) is 0 Å². The normalized spacial score (nSPS) is 19.4. The van der Waals surface area contributed by atoms with E-state index in [4.69, 9.17) is 14.5 Å². The molecule has 0 amide bonds. The Morgan fingerprint density at radius 3 is 2.85 bits per heavy atom. The molecule has 0 radical (unpaired) electrons. The molecule has 0 unspecified atom stereocenters. The standard InChI is InChI=1S/C14H16BrN3O2/c15-10-7-12(17-2-5-19-6-3-17)14-16-11-1-4-20-9-13(11)18(14)8-10/h7-8H,1-6,9H2. The van der Waals surface area contributed by atoms with Crippen molar-refractivity contribution in [2.75, 3.05) is 37.8 Å². The minimum Gasteiger partial charge on any atom is -0.378 e. The summed E-state index contributed by atoms with van der Waals surface area (Å²) in [4.78, 5) is 7.20. The van der Waals surface area contributed by atoms with Gasteiger partial charge in [0.2, 0.25) is 0 Å². The van der Waals surface area contributed by atoms with Gasteiger partial charge in [0.25, 0.3) is 0 Å². The second-order valence-corrected chi connectivity index (χ2v) is 6.06. The summed E-state index contributed by atoms with van der Waals surface area (Å²) in [5.74, 6) is 0. The molecule has 0 bridgehead atoms. The van der Waals surface area contributed by atoms with Crippen molar-refractivity contribution in [2.45, 2.75) is 13.0 Å². The highest BCUT2D eigenvalue weighted by Gasteiger charge is 2.22. The Morgan fingerprint density at radius 2 is 2.00 bits per heavy atom. The van der Waals surface area contributed by atoms with Gasteiger partial charge in [0.05, 0.1) is 43.5 Å². The minimum atomic E-state index is 0.648. The number of ether oxygens (including phenoxy) is 2. The van der Waals surface area contributed by atoms with Gasteiger partial charge in [-0.05, 0) is 22.0 Å². The number of aromatic nitrogens is 2. The molecule has 4 heterocycles. The first-order chi connectivity index (χ1) is 9.83. The molecule has 5 nitrogen and oxygen atoms in total. The highest BCUT2D eigenvalue weighted by atomic mass is 79.9. The highest BCUT2D eigenvalue weighted by Crippen LogP contribution is 2.30. The Bertz CT molecular complexity index is 649. The molecular weight excluding hydrogens is 322 g/mol. The van der Waals surface area contributed by atoms with Crippen molar-refractivity contribution in [3.63, 3.8) is 0 Å². The summed E-state index contributed by atoms with van der Waals surface area (Å²) in [6.45, 7) is 4.81. The molecule has 0 spiro atoms. The number of hydrogen-bond acceptors (Lipinski definition) is 4. The molecule has 1 fully saturated rings. The average molecular weight is 338 g/mol. The van der Waals surface area contributed by atoms with Gasteiger partial charge in [-0.15, -0.1) is 0 Å². The first-order valence-electron chi connectivity index (χ1n) is 6.93. The predicted octanol–water partition coefficient (Wildman–Crippen LogP) is 2.01. The minimum absolute atomic E-state index is 0.648. The van der Waals surface area contributed by atoms with E-state index in [1.54, 1.807) is 0 Å². The fourth-order valence-electron chi connectivity index (χ4n) is 2.92. The van der Waals surface area contributed by atoms with Crippen LogP contribution < -0.4 is 4.90 Å². The van der Waals surface area contributed by atoms with E-state index in [1.165, 1.54) is 17.1 Å². The topological polar surface area (TPSA) is 39.0 Å². The van der Waals surface area contributed by atoms with Gasteiger partial charge in [0, 0.05) is 30.2 Å². The maximum absolute atomic E-state index is 5.58. The lowest BCUT2D eigenvalue weighted by molar-refractivity contribution is 0.106. The number of halogens is 1. The average Bonchev–Trinajstić information content (AvgIpc) is 2.86. The zero-order valence-corrected chi connectivity index (χ0v) is 12.7. The largest absolute Gasteiger partial charge is 0.378 e. The Morgan fingerprint density at radius 1 is 1.15 bits per heavy atom. The van der Waals surface area contributed by atoms with Crippen molar-refractivity contribution in [3.8, 4) is 0 Å². The number of pyridine rings is 1. The number of fused-ring (bicyclic) bond motifs is 3. The van der Waals surface area contributed by atoms with Crippen LogP contribution in [-0.4, -0.2) is 42.3 Å². The summed E-state index contributed by atoms with van der Waals surface area (Å²) < 4.78 is 14.3. The van der Waals surface area contributed by atoms with E-state index in [9.17, 15) is 0 Å². The lowest BCUT2D eigenvalue weighted by atomic mass is 10.2. The quantitative estimate of drug-likeness (QED) is 0.797. The van der Waals surface area contributed by atoms with Gasteiger partial charge in [-0.25, -0.2) is 4.98 Å². The molecule has 0 saturated carbocycles. The van der Waals surface area contributed by atoms with Crippen LogP contribution in [0.1, 0.15) is 11.4 Å². The van der Waals surface area contributed by atoms with Crippen molar-refractivity contribution in [3.05, 3.63) is 28.1 Å². The number of rotatable bonds is 1. The van der Waals surface area contributed by atoms with Gasteiger partial charge in [-0.1, -0.05) is 0 Å². The smallest absolute Gasteiger partial charge is 0.161 e. The summed E-state index contributed by atoms with van der Waals surface area (Å²) in [5.41, 5.74) is 4.56. The summed E-state index contributed by atoms with van der Waals surface area (Å²) in [6.07, 6.45) is 2.98. The van der Waals surface area contributed by atoms with Crippen LogP contribution in [0.25, 0.3) is 5.65 Å². The predicted molar refractivity (Wildman–Crippen MR) is 79.3 cm³/mol. The van der Waals surface area contributed by atoms with Crippen LogP contribution in [0.4, 0.5) is 5.69 Å². The van der Waals surface area contributed by atoms with E-state index in [2.05, 4.69) is 37.5 Å². The SMILES string of the molecule is Brc1cc(N2CCOCC2)c2nc3c(n2c1)COCC3. The van der Waals surface area contributed by atoms with Crippen molar-refractivity contribution in [1.82, 2.24) is 9.38 Å². The third-order valence-electron chi connectivity index (χ3n) is 3.92. The van der Waals surface area contributed by atoms with E-state index >= 15 is 0 Å². The number of nitrogens with zero attached hydrogens (tertiary/aromatic N) is 3. The van der Waals surface area contributed by atoms with E-state index in [0.717, 1.165) is 49.5 Å². The number of hydrogen-bond donors (Lipinski definition) is 0. The molecule has 4 rings (SSSR count). The molecule has 106 valence electrons. The van der Waals surface area contributed by atoms with Crippen LogP contribution in [0.2, 0.25) is 0 Å². The van der Waals surface area contributed by atoms with Crippen molar-refractivity contribution >= 4 is 27.3 Å². The lowest BCUT2D eigenvalue weighted by Crippen LogP contribution is -2.36. The molecule has 2 aromatic heterocycles. The van der Waals surface area contributed by atoms with Crippen LogP contribution in [-0.2, 0) is 22.5 Å². The zero-order chi connectivity index (χ0) is 13.5. The number of morpholine rings is 1. The Labute approximate surface area is 125 Å². The maximum atomic E-state index is 5.58. The number of anilines is 1. The number of imidazole rings is 1. The van der Waals surface area contributed by atoms with E-state index in [1.807, 2.05) is 0 Å². The second kappa shape index (κ2) is 5.02. The van der Waals surface area contributed by atoms with Crippen LogP contribution in [0.5, 0.6) is 0 Å². The van der Waals surface area contributed by atoms with Crippen LogP contribution in [0.3, 0.4) is 0 Å². The first kappa shape index (κ1) is 12.6. The Kier molecular flexibility index (Phi) is 3.17. The summed E-state index contributed by atoms with van der Waals surface area (Å²) in [7, 11) is 0. The lowest BCUT2D eigenvalue weighted by Gasteiger charge is -2.29. The van der Waals surface area contributed by atoms with Gasteiger partial charge >= 0.3 is 0 Å². The van der Waals surface area contributed by atoms with Gasteiger partial charge in [-0.3, -0.25) is 4.40 Å². The molecule has 2 aliphatic rings. The van der Waals surface area contributed by atoms with Gasteiger partial charge in [-0.2, -0.15) is 0 Å². The Hall–Kier alpha value is -1.11. The van der Waals surface area contributed by atoms with Gasteiger partial charge < -0.3 is 14.4 Å². The molecule has 2 aliphatic heterocycles. The van der Waals surface area contributed by atoms with Crippen LogP contribution in [0, 0.1) is 0 Å². The monoisotopic (exact) mass is 337 g/mol. The molecule has 0 N–H and O–H groups in total. The molecule has 0 atom stereocenters. The second-order valence-electron chi connectivity index (χ2n) is 5.14. The first-order valence-corrected chi connectivity index (χ1v) is 7.72. The van der Waals surface area contributed by atoms with Gasteiger partial charge in [0.15, 0.2) is 5.65 Å². The summed E-state index contributed by atoms with van der Waals surface area (Å²) in [6, 6.07) is 2.15. The van der Waals surface area contributed by atoms with E-state index < -0.39 is 0 Å². The van der Waals surface area contributed by atoms with E-state index in [-0.39, 0.29) is 0 Å². The third-order valence-corrected chi connectivity index (χ3v) is 4.36. The van der Waals surface area contributed by atoms with Crippen molar-refractivity contribution in [1.29, 1.82) is 0 Å². The van der Waals surface area contributed by atoms with Gasteiger partial charge in [0.1, 0.15) is 0 Å². The molecule has 20 heavy (non-hydrogen) atoms. The van der Waals surface area contributed by atoms with Crippen molar-refractivity contribution < 1.29 is 9.47 Å². The third kappa shape index (κ3) is 2.03. The molecule has 2 aromatic rings. The van der Waals surface area contributed by atoms with Crippen LogP contribution in [0.15, 0.2) is 16.7 Å². The molecule has 0 aromatic carbocycles. The molecule has 6 heteroatoms. The molecule has 0 aliphatic carbocycles. The molecular formula is C14H16BrN3O2. The summed E-state index contributed by atoms with van der Waals surface area (Å²) >= 11 is 3.62. The fraction of sp³-hybridized carbons (Fsp3) is 0.500.